The van der Waals surface area contributed by atoms with Gasteiger partial charge in [-0.2, -0.15) is 5.10 Å². The average molecular weight is 368 g/mol. The third-order valence-electron chi connectivity index (χ3n) is 5.85. The summed E-state index contributed by atoms with van der Waals surface area (Å²) in [6.07, 6.45) is 5.35. The Hall–Kier alpha value is -2.18. The van der Waals surface area contributed by atoms with E-state index >= 15 is 0 Å². The molecule has 0 spiro atoms. The number of aliphatic hydroxyl groups is 1. The Balaban J connectivity index is 1.34. The molecule has 1 aromatic carbocycles. The second-order valence-electron chi connectivity index (χ2n) is 7.75. The molecule has 1 aromatic heterocycles. The first-order valence-corrected chi connectivity index (χ1v) is 9.97. The van der Waals surface area contributed by atoms with E-state index in [0.717, 1.165) is 45.3 Å². The summed E-state index contributed by atoms with van der Waals surface area (Å²) in [7, 11) is 0. The fraction of sp³-hybridized carbons (Fsp3) is 0.524. The largest absolute Gasteiger partial charge is 0.392 e. The normalized spacial score (nSPS) is 22.1. The molecule has 3 heterocycles. The summed E-state index contributed by atoms with van der Waals surface area (Å²) >= 11 is 0. The number of hydrogen-bond acceptors (Lipinski definition) is 4. The van der Waals surface area contributed by atoms with Crippen molar-refractivity contribution < 1.29 is 9.90 Å². The Labute approximate surface area is 160 Å². The molecule has 0 saturated carbocycles. The highest BCUT2D eigenvalue weighted by Crippen LogP contribution is 2.33. The maximum Gasteiger partial charge on any atom is 0.236 e. The number of likely N-dealkylation sites (tertiary alicyclic amines) is 2. The third-order valence-corrected chi connectivity index (χ3v) is 5.85. The van der Waals surface area contributed by atoms with Crippen molar-refractivity contribution in [1.29, 1.82) is 0 Å². The van der Waals surface area contributed by atoms with E-state index < -0.39 is 0 Å². The van der Waals surface area contributed by atoms with Crippen molar-refractivity contribution in [3.05, 3.63) is 42.2 Å². The minimum absolute atomic E-state index is 0.190. The molecule has 4 rings (SSSR count). The van der Waals surface area contributed by atoms with Gasteiger partial charge in [-0.05, 0) is 37.8 Å². The minimum Gasteiger partial charge on any atom is -0.392 e. The zero-order valence-electron chi connectivity index (χ0n) is 15.7. The molecule has 0 unspecified atom stereocenters. The molecule has 27 heavy (non-hydrogen) atoms. The fourth-order valence-electron chi connectivity index (χ4n) is 4.34. The predicted octanol–water partition coefficient (Wildman–Crippen LogP) is 2.24. The van der Waals surface area contributed by atoms with Crippen LogP contribution in [0, 0.1) is 0 Å². The van der Waals surface area contributed by atoms with Crippen molar-refractivity contribution in [2.75, 3.05) is 32.7 Å². The number of amides is 1. The van der Waals surface area contributed by atoms with Gasteiger partial charge in [-0.3, -0.25) is 14.8 Å². The van der Waals surface area contributed by atoms with E-state index in [1.165, 1.54) is 16.8 Å². The molecule has 0 radical (unpaired) electrons. The number of carbonyl (C=O) groups is 1. The highest BCUT2D eigenvalue weighted by Gasteiger charge is 2.28. The van der Waals surface area contributed by atoms with Crippen LogP contribution >= 0.6 is 0 Å². The molecule has 0 aliphatic carbocycles. The number of aliphatic hydroxyl groups excluding tert-OH is 1. The fourth-order valence-corrected chi connectivity index (χ4v) is 4.34. The molecule has 2 saturated heterocycles. The molecule has 2 fully saturated rings. The summed E-state index contributed by atoms with van der Waals surface area (Å²) in [4.78, 5) is 16.7. The van der Waals surface area contributed by atoms with Crippen LogP contribution in [0.1, 0.15) is 37.3 Å². The van der Waals surface area contributed by atoms with E-state index in [1.807, 2.05) is 29.3 Å². The summed E-state index contributed by atoms with van der Waals surface area (Å²) in [6, 6.07) is 10.3. The lowest BCUT2D eigenvalue weighted by atomic mass is 9.89. The van der Waals surface area contributed by atoms with E-state index in [0.29, 0.717) is 19.0 Å². The second kappa shape index (κ2) is 8.23. The molecule has 1 atom stereocenters. The molecule has 6 heteroatoms. The first kappa shape index (κ1) is 18.2. The van der Waals surface area contributed by atoms with Gasteiger partial charge in [-0.15, -0.1) is 0 Å². The number of carbonyl (C=O) groups excluding carboxylic acids is 1. The molecule has 144 valence electrons. The molecule has 2 aromatic rings. The lowest BCUT2D eigenvalue weighted by molar-refractivity contribution is -0.134. The van der Waals surface area contributed by atoms with E-state index in [-0.39, 0.29) is 12.0 Å². The number of piperidine rings is 2. The maximum absolute atomic E-state index is 12.6. The highest BCUT2D eigenvalue weighted by atomic mass is 16.3. The van der Waals surface area contributed by atoms with Crippen molar-refractivity contribution in [3.8, 4) is 11.1 Å². The van der Waals surface area contributed by atoms with Gasteiger partial charge in [0, 0.05) is 36.8 Å². The number of hydrogen-bond donors (Lipinski definition) is 2. The Morgan fingerprint density at radius 1 is 1.15 bits per heavy atom. The van der Waals surface area contributed by atoms with Crippen molar-refractivity contribution in [3.63, 3.8) is 0 Å². The van der Waals surface area contributed by atoms with Gasteiger partial charge in [0.05, 0.1) is 18.8 Å². The topological polar surface area (TPSA) is 72.5 Å². The van der Waals surface area contributed by atoms with Crippen LogP contribution in [0.2, 0.25) is 0 Å². The second-order valence-corrected chi connectivity index (χ2v) is 7.75. The lowest BCUT2D eigenvalue weighted by Crippen LogP contribution is -2.47. The molecular formula is C21H28N4O2. The summed E-state index contributed by atoms with van der Waals surface area (Å²) in [6.45, 7) is 3.53. The number of benzene rings is 1. The number of β-amino-alcohol motifs (C(OH)–C–C–N with tert-alkyl or cyclic N) is 1. The van der Waals surface area contributed by atoms with Gasteiger partial charge in [0.2, 0.25) is 5.91 Å². The Bertz CT molecular complexity index is 753. The summed E-state index contributed by atoms with van der Waals surface area (Å²) in [5.74, 6) is 0.596. The zero-order valence-corrected chi connectivity index (χ0v) is 15.7. The number of nitrogens with one attached hydrogen (secondary N) is 1. The van der Waals surface area contributed by atoms with E-state index in [1.54, 1.807) is 0 Å². The predicted molar refractivity (Wildman–Crippen MR) is 104 cm³/mol. The first-order valence-electron chi connectivity index (χ1n) is 9.97. The van der Waals surface area contributed by atoms with Crippen LogP contribution < -0.4 is 0 Å². The van der Waals surface area contributed by atoms with Crippen LogP contribution in [0.25, 0.3) is 11.1 Å². The quantitative estimate of drug-likeness (QED) is 0.868. The van der Waals surface area contributed by atoms with Gasteiger partial charge in [0.1, 0.15) is 0 Å². The van der Waals surface area contributed by atoms with E-state index in [9.17, 15) is 9.90 Å². The summed E-state index contributed by atoms with van der Waals surface area (Å²) < 4.78 is 0. The van der Waals surface area contributed by atoms with Gasteiger partial charge in [0.25, 0.3) is 0 Å². The van der Waals surface area contributed by atoms with Crippen LogP contribution in [0.5, 0.6) is 0 Å². The Morgan fingerprint density at radius 3 is 2.67 bits per heavy atom. The third kappa shape index (κ3) is 4.22. The highest BCUT2D eigenvalue weighted by molar-refractivity contribution is 5.78. The lowest BCUT2D eigenvalue weighted by Gasteiger charge is -2.35. The molecule has 2 N–H and O–H groups in total. The van der Waals surface area contributed by atoms with Crippen LogP contribution in [-0.2, 0) is 4.79 Å². The van der Waals surface area contributed by atoms with Gasteiger partial charge in [-0.1, -0.05) is 30.3 Å². The van der Waals surface area contributed by atoms with Gasteiger partial charge in [-0.25, -0.2) is 0 Å². The SMILES string of the molecule is O=C(CN1CCC[C@H](O)C1)N1CCC(c2[nH]ncc2-c2ccccc2)CC1. The van der Waals surface area contributed by atoms with Crippen LogP contribution in [-0.4, -0.2) is 69.8 Å². The molecule has 1 amide bonds. The number of aromatic nitrogens is 2. The maximum atomic E-state index is 12.6. The number of H-pyrrole nitrogens is 1. The van der Waals surface area contributed by atoms with Crippen molar-refractivity contribution in [2.45, 2.75) is 37.7 Å². The molecule has 2 aliphatic heterocycles. The van der Waals surface area contributed by atoms with E-state index in [2.05, 4.69) is 27.2 Å². The zero-order chi connectivity index (χ0) is 18.6. The van der Waals surface area contributed by atoms with E-state index in [4.69, 9.17) is 0 Å². The Morgan fingerprint density at radius 2 is 1.93 bits per heavy atom. The van der Waals surface area contributed by atoms with Crippen molar-refractivity contribution in [2.24, 2.45) is 0 Å². The number of aromatic amines is 1. The van der Waals surface area contributed by atoms with Gasteiger partial charge < -0.3 is 10.0 Å². The first-order chi connectivity index (χ1) is 13.2. The minimum atomic E-state index is -0.283. The van der Waals surface area contributed by atoms with Gasteiger partial charge in [0.15, 0.2) is 0 Å². The molecule has 2 aliphatic rings. The van der Waals surface area contributed by atoms with Crippen LogP contribution in [0.15, 0.2) is 36.5 Å². The summed E-state index contributed by atoms with van der Waals surface area (Å²) in [5, 5.41) is 17.3. The molecule has 6 nitrogen and oxygen atoms in total. The monoisotopic (exact) mass is 368 g/mol. The Kier molecular flexibility index (Phi) is 5.55. The van der Waals surface area contributed by atoms with Crippen molar-refractivity contribution in [1.82, 2.24) is 20.0 Å². The summed E-state index contributed by atoms with van der Waals surface area (Å²) in [5.41, 5.74) is 3.54. The molecular weight excluding hydrogens is 340 g/mol. The average Bonchev–Trinajstić information content (AvgIpc) is 3.19. The van der Waals surface area contributed by atoms with Crippen LogP contribution in [0.4, 0.5) is 0 Å². The van der Waals surface area contributed by atoms with Crippen molar-refractivity contribution >= 4 is 5.91 Å². The van der Waals surface area contributed by atoms with Crippen LogP contribution in [0.3, 0.4) is 0 Å². The standard InChI is InChI=1S/C21H28N4O2/c26-18-7-4-10-24(14-18)15-20(27)25-11-8-17(9-12-25)21-19(13-22-23-21)16-5-2-1-3-6-16/h1-3,5-6,13,17-18,26H,4,7-12,14-15H2,(H,22,23)/t18-/m0/s1. The number of rotatable bonds is 4. The number of nitrogens with zero attached hydrogens (tertiary/aromatic N) is 3. The smallest absolute Gasteiger partial charge is 0.236 e. The van der Waals surface area contributed by atoms with Gasteiger partial charge >= 0.3 is 0 Å². The molecule has 0 bridgehead atoms.